The fraction of sp³-hybridized carbons (Fsp3) is 0.188. The molecule has 0 atom stereocenters. The van der Waals surface area contributed by atoms with E-state index in [1.165, 1.54) is 11.1 Å². The SMILES string of the molecule is O=C(NN1CCc2ccccc2C1)Oc1ccc(Br)cc1. The quantitative estimate of drug-likeness (QED) is 0.904. The number of halogens is 1. The molecule has 0 saturated carbocycles. The Kier molecular flexibility index (Phi) is 4.22. The van der Waals surface area contributed by atoms with Crippen LogP contribution in [0.5, 0.6) is 5.75 Å². The summed E-state index contributed by atoms with van der Waals surface area (Å²) in [5, 5.41) is 1.88. The van der Waals surface area contributed by atoms with Gasteiger partial charge in [0.15, 0.2) is 0 Å². The van der Waals surface area contributed by atoms with Gasteiger partial charge in [0.25, 0.3) is 0 Å². The van der Waals surface area contributed by atoms with Gasteiger partial charge in [0, 0.05) is 17.6 Å². The summed E-state index contributed by atoms with van der Waals surface area (Å²) in [7, 11) is 0. The van der Waals surface area contributed by atoms with Crippen LogP contribution in [0, 0.1) is 0 Å². The highest BCUT2D eigenvalue weighted by Crippen LogP contribution is 2.18. The zero-order valence-electron chi connectivity index (χ0n) is 11.4. The van der Waals surface area contributed by atoms with E-state index < -0.39 is 6.09 Å². The van der Waals surface area contributed by atoms with Gasteiger partial charge in [0.05, 0.1) is 0 Å². The molecule has 1 heterocycles. The fourth-order valence-electron chi connectivity index (χ4n) is 2.35. The van der Waals surface area contributed by atoms with Crippen LogP contribution in [0.15, 0.2) is 53.0 Å². The maximum absolute atomic E-state index is 11.9. The van der Waals surface area contributed by atoms with Crippen LogP contribution in [0.1, 0.15) is 11.1 Å². The molecular formula is C16H15BrN2O2. The lowest BCUT2D eigenvalue weighted by molar-refractivity contribution is 0.135. The van der Waals surface area contributed by atoms with Crippen molar-refractivity contribution in [3.05, 3.63) is 64.1 Å². The van der Waals surface area contributed by atoms with E-state index in [4.69, 9.17) is 4.74 Å². The summed E-state index contributed by atoms with van der Waals surface area (Å²) in [6, 6.07) is 15.4. The van der Waals surface area contributed by atoms with Gasteiger partial charge in [-0.1, -0.05) is 40.2 Å². The van der Waals surface area contributed by atoms with Crippen LogP contribution >= 0.6 is 15.9 Å². The first-order valence-electron chi connectivity index (χ1n) is 6.76. The summed E-state index contributed by atoms with van der Waals surface area (Å²) in [6.45, 7) is 1.48. The number of carbonyl (C=O) groups excluding carboxylic acids is 1. The number of rotatable bonds is 2. The number of nitrogens with zero attached hydrogens (tertiary/aromatic N) is 1. The third-order valence-corrected chi connectivity index (χ3v) is 3.93. The van der Waals surface area contributed by atoms with Crippen LogP contribution in [-0.2, 0) is 13.0 Å². The van der Waals surface area contributed by atoms with E-state index >= 15 is 0 Å². The summed E-state index contributed by atoms with van der Waals surface area (Å²) in [6.07, 6.45) is 0.464. The minimum absolute atomic E-state index is 0.461. The minimum atomic E-state index is -0.461. The average Bonchev–Trinajstić information content (AvgIpc) is 2.49. The fourth-order valence-corrected chi connectivity index (χ4v) is 2.62. The van der Waals surface area contributed by atoms with Crippen LogP contribution < -0.4 is 10.2 Å². The molecule has 0 aliphatic carbocycles. The minimum Gasteiger partial charge on any atom is -0.409 e. The van der Waals surface area contributed by atoms with Crippen molar-refractivity contribution >= 4 is 22.0 Å². The van der Waals surface area contributed by atoms with Crippen molar-refractivity contribution < 1.29 is 9.53 Å². The van der Waals surface area contributed by atoms with Crippen molar-refractivity contribution in [1.82, 2.24) is 10.4 Å². The van der Waals surface area contributed by atoms with Crippen LogP contribution in [0.2, 0.25) is 0 Å². The molecule has 0 unspecified atom stereocenters. The van der Waals surface area contributed by atoms with Gasteiger partial charge in [-0.25, -0.2) is 9.80 Å². The second kappa shape index (κ2) is 6.28. The Labute approximate surface area is 131 Å². The molecule has 1 aliphatic rings. The molecule has 2 aromatic carbocycles. The van der Waals surface area contributed by atoms with Crippen LogP contribution in [0.25, 0.3) is 0 Å². The largest absolute Gasteiger partial charge is 0.427 e. The topological polar surface area (TPSA) is 41.6 Å². The molecule has 3 rings (SSSR count). The highest BCUT2D eigenvalue weighted by Gasteiger charge is 2.18. The molecule has 2 aromatic rings. The first-order chi connectivity index (χ1) is 10.2. The van der Waals surface area contributed by atoms with Gasteiger partial charge in [-0.2, -0.15) is 0 Å². The molecular weight excluding hydrogens is 332 g/mol. The Morgan fingerprint density at radius 1 is 1.10 bits per heavy atom. The molecule has 0 radical (unpaired) electrons. The molecule has 1 N–H and O–H groups in total. The maximum atomic E-state index is 11.9. The Hall–Kier alpha value is -1.85. The summed E-state index contributed by atoms with van der Waals surface area (Å²) < 4.78 is 6.19. The van der Waals surface area contributed by atoms with Gasteiger partial charge < -0.3 is 4.74 Å². The second-order valence-corrected chi connectivity index (χ2v) is 5.81. The number of hydrogen-bond acceptors (Lipinski definition) is 3. The molecule has 108 valence electrons. The molecule has 1 aliphatic heterocycles. The molecule has 0 spiro atoms. The molecule has 0 fully saturated rings. The highest BCUT2D eigenvalue weighted by atomic mass is 79.9. The first kappa shape index (κ1) is 14.1. The standard InChI is InChI=1S/C16H15BrN2O2/c17-14-5-7-15(8-6-14)21-16(20)18-19-10-9-12-3-1-2-4-13(12)11-19/h1-8H,9-11H2,(H,18,20). The molecule has 5 heteroatoms. The molecule has 0 bridgehead atoms. The smallest absolute Gasteiger partial charge is 0.409 e. The number of benzene rings is 2. The highest BCUT2D eigenvalue weighted by molar-refractivity contribution is 9.10. The van der Waals surface area contributed by atoms with Crippen LogP contribution in [0.3, 0.4) is 0 Å². The number of nitrogens with one attached hydrogen (secondary N) is 1. The van der Waals surface area contributed by atoms with Crippen LogP contribution in [0.4, 0.5) is 4.79 Å². The molecule has 1 amide bonds. The van der Waals surface area contributed by atoms with Crippen molar-refractivity contribution in [2.24, 2.45) is 0 Å². The van der Waals surface area contributed by atoms with Crippen molar-refractivity contribution in [3.63, 3.8) is 0 Å². The van der Waals surface area contributed by atoms with Gasteiger partial charge in [0.1, 0.15) is 5.75 Å². The number of carbonyl (C=O) groups is 1. The van der Waals surface area contributed by atoms with Crippen LogP contribution in [-0.4, -0.2) is 17.6 Å². The zero-order valence-corrected chi connectivity index (χ0v) is 13.0. The van der Waals surface area contributed by atoms with E-state index in [0.29, 0.717) is 12.3 Å². The zero-order chi connectivity index (χ0) is 14.7. The third-order valence-electron chi connectivity index (χ3n) is 3.40. The normalized spacial score (nSPS) is 14.3. The lowest BCUT2D eigenvalue weighted by atomic mass is 10.0. The van der Waals surface area contributed by atoms with E-state index in [1.54, 1.807) is 12.1 Å². The lowest BCUT2D eigenvalue weighted by Crippen LogP contribution is -2.46. The van der Waals surface area contributed by atoms with E-state index in [1.807, 2.05) is 29.3 Å². The van der Waals surface area contributed by atoms with Gasteiger partial charge >= 0.3 is 6.09 Å². The van der Waals surface area contributed by atoms with Crippen molar-refractivity contribution in [3.8, 4) is 5.75 Å². The molecule has 0 saturated heterocycles. The van der Waals surface area contributed by atoms with Crippen molar-refractivity contribution in [2.45, 2.75) is 13.0 Å². The van der Waals surface area contributed by atoms with Gasteiger partial charge in [0.2, 0.25) is 0 Å². The monoisotopic (exact) mass is 346 g/mol. The summed E-state index contributed by atoms with van der Waals surface area (Å²) in [5.74, 6) is 0.521. The number of ether oxygens (including phenoxy) is 1. The van der Waals surface area contributed by atoms with E-state index in [9.17, 15) is 4.79 Å². The van der Waals surface area contributed by atoms with E-state index in [0.717, 1.165) is 17.4 Å². The number of hydrazine groups is 1. The number of amides is 1. The summed E-state index contributed by atoms with van der Waals surface area (Å²) in [4.78, 5) is 11.9. The van der Waals surface area contributed by atoms with E-state index in [-0.39, 0.29) is 0 Å². The van der Waals surface area contributed by atoms with Crippen molar-refractivity contribution in [2.75, 3.05) is 6.54 Å². The molecule has 0 aromatic heterocycles. The predicted molar refractivity (Wildman–Crippen MR) is 83.9 cm³/mol. The Bertz CT molecular complexity index is 643. The van der Waals surface area contributed by atoms with E-state index in [2.05, 4.69) is 33.5 Å². The first-order valence-corrected chi connectivity index (χ1v) is 7.56. The van der Waals surface area contributed by atoms with Gasteiger partial charge in [-0.15, -0.1) is 0 Å². The van der Waals surface area contributed by atoms with Gasteiger partial charge in [-0.05, 0) is 41.8 Å². The molecule has 4 nitrogen and oxygen atoms in total. The lowest BCUT2D eigenvalue weighted by Gasteiger charge is -2.28. The number of fused-ring (bicyclic) bond motifs is 1. The Morgan fingerprint density at radius 2 is 1.81 bits per heavy atom. The maximum Gasteiger partial charge on any atom is 0.427 e. The molecule has 21 heavy (non-hydrogen) atoms. The third kappa shape index (κ3) is 3.62. The average molecular weight is 347 g/mol. The number of hydrogen-bond donors (Lipinski definition) is 1. The van der Waals surface area contributed by atoms with Crippen molar-refractivity contribution in [1.29, 1.82) is 0 Å². The van der Waals surface area contributed by atoms with Gasteiger partial charge in [-0.3, -0.25) is 5.43 Å². The predicted octanol–water partition coefficient (Wildman–Crippen LogP) is 3.51. The summed E-state index contributed by atoms with van der Waals surface area (Å²) >= 11 is 3.34. The Morgan fingerprint density at radius 3 is 2.57 bits per heavy atom. The second-order valence-electron chi connectivity index (χ2n) is 4.90. The summed E-state index contributed by atoms with van der Waals surface area (Å²) in [5.41, 5.74) is 5.37. The Balaban J connectivity index is 1.57.